The molecule has 0 unspecified atom stereocenters. The number of rotatable bonds is 11. The van der Waals surface area contributed by atoms with Gasteiger partial charge in [-0.1, -0.05) is 37.3 Å². The Morgan fingerprint density at radius 1 is 0.950 bits per heavy atom. The Morgan fingerprint density at radius 2 is 1.55 bits per heavy atom. The number of carbonyl (C=O) groups is 2. The second-order valence-corrected chi connectivity index (χ2v) is 12.2. The van der Waals surface area contributed by atoms with E-state index >= 15 is 0 Å². The largest absolute Gasteiger partial charge is 0.497 e. The maximum Gasteiger partial charge on any atom is 0.264 e. The van der Waals surface area contributed by atoms with Crippen LogP contribution in [0.15, 0.2) is 83.8 Å². The topological polar surface area (TPSA) is 96.0 Å². The summed E-state index contributed by atoms with van der Waals surface area (Å²) in [6, 6.07) is 18.8. The van der Waals surface area contributed by atoms with E-state index in [1.54, 1.807) is 56.5 Å². The highest BCUT2D eigenvalue weighted by molar-refractivity contribution is 7.92. The summed E-state index contributed by atoms with van der Waals surface area (Å²) in [5.74, 6) is -0.847. The monoisotopic (exact) mass is 569 g/mol. The molecule has 0 saturated heterocycles. The molecule has 0 spiro atoms. The van der Waals surface area contributed by atoms with Gasteiger partial charge in [0.25, 0.3) is 10.0 Å². The smallest absolute Gasteiger partial charge is 0.264 e. The van der Waals surface area contributed by atoms with E-state index in [9.17, 15) is 22.4 Å². The SMILES string of the molecule is CC[C@H](C(=O)NC(C)(C)C)N(Cc1ccc(OC)cc1)C(=O)CN(c1ccc(F)cc1)S(=O)(=O)c1ccccc1. The molecule has 1 N–H and O–H groups in total. The Labute approximate surface area is 235 Å². The first-order valence-corrected chi connectivity index (χ1v) is 14.4. The van der Waals surface area contributed by atoms with E-state index in [0.717, 1.165) is 22.0 Å². The number of nitrogens with zero attached hydrogens (tertiary/aromatic N) is 2. The van der Waals surface area contributed by atoms with E-state index in [2.05, 4.69) is 5.32 Å². The lowest BCUT2D eigenvalue weighted by atomic mass is 10.1. The van der Waals surface area contributed by atoms with Gasteiger partial charge in [-0.15, -0.1) is 0 Å². The third-order valence-electron chi connectivity index (χ3n) is 6.12. The van der Waals surface area contributed by atoms with Crippen molar-refractivity contribution in [3.8, 4) is 5.75 Å². The average molecular weight is 570 g/mol. The molecule has 10 heteroatoms. The molecule has 0 bridgehead atoms. The van der Waals surface area contributed by atoms with Crippen LogP contribution in [0, 0.1) is 5.82 Å². The first-order chi connectivity index (χ1) is 18.9. The van der Waals surface area contributed by atoms with Gasteiger partial charge in [-0.3, -0.25) is 13.9 Å². The van der Waals surface area contributed by atoms with Gasteiger partial charge in [0.2, 0.25) is 11.8 Å². The number of methoxy groups -OCH3 is 1. The van der Waals surface area contributed by atoms with E-state index in [1.165, 1.54) is 29.2 Å². The molecule has 0 aliphatic rings. The van der Waals surface area contributed by atoms with Crippen LogP contribution in [-0.4, -0.2) is 50.4 Å². The molecule has 0 radical (unpaired) electrons. The van der Waals surface area contributed by atoms with Crippen molar-refractivity contribution in [3.63, 3.8) is 0 Å². The van der Waals surface area contributed by atoms with Crippen molar-refractivity contribution in [1.82, 2.24) is 10.2 Å². The first kappa shape index (κ1) is 30.6. The second kappa shape index (κ2) is 13.0. The summed E-state index contributed by atoms with van der Waals surface area (Å²) in [5, 5.41) is 2.93. The normalized spacial score (nSPS) is 12.3. The lowest BCUT2D eigenvalue weighted by Gasteiger charge is -2.34. The van der Waals surface area contributed by atoms with Crippen LogP contribution in [0.4, 0.5) is 10.1 Å². The molecule has 2 amide bonds. The number of nitrogens with one attached hydrogen (secondary N) is 1. The molecule has 0 fully saturated rings. The Bertz CT molecular complexity index is 1390. The molecule has 0 saturated carbocycles. The van der Waals surface area contributed by atoms with Gasteiger partial charge in [-0.2, -0.15) is 0 Å². The summed E-state index contributed by atoms with van der Waals surface area (Å²) in [6.45, 7) is 6.78. The van der Waals surface area contributed by atoms with Crippen molar-refractivity contribution in [2.45, 2.75) is 57.1 Å². The minimum atomic E-state index is -4.21. The number of amides is 2. The van der Waals surface area contributed by atoms with Gasteiger partial charge < -0.3 is 15.0 Å². The fourth-order valence-corrected chi connectivity index (χ4v) is 5.59. The van der Waals surface area contributed by atoms with Crippen LogP contribution in [-0.2, 0) is 26.2 Å². The number of halogens is 1. The molecule has 40 heavy (non-hydrogen) atoms. The summed E-state index contributed by atoms with van der Waals surface area (Å²) in [5.41, 5.74) is 0.307. The predicted molar refractivity (Wildman–Crippen MR) is 153 cm³/mol. The number of sulfonamides is 1. The number of benzene rings is 3. The molecular formula is C30H36FN3O5S. The van der Waals surface area contributed by atoms with Crippen molar-refractivity contribution in [1.29, 1.82) is 0 Å². The zero-order valence-corrected chi connectivity index (χ0v) is 24.2. The van der Waals surface area contributed by atoms with Gasteiger partial charge in [-0.05, 0) is 81.3 Å². The molecule has 3 aromatic carbocycles. The Hall–Kier alpha value is -3.92. The molecule has 3 rings (SSSR count). The summed E-state index contributed by atoms with van der Waals surface area (Å²) in [6.07, 6.45) is 0.297. The van der Waals surface area contributed by atoms with Gasteiger partial charge in [0.15, 0.2) is 0 Å². The van der Waals surface area contributed by atoms with Crippen LogP contribution in [0.2, 0.25) is 0 Å². The van der Waals surface area contributed by atoms with E-state index in [0.29, 0.717) is 12.2 Å². The third-order valence-corrected chi connectivity index (χ3v) is 7.91. The minimum absolute atomic E-state index is 0.0219. The van der Waals surface area contributed by atoms with Crippen molar-refractivity contribution >= 4 is 27.5 Å². The fraction of sp³-hybridized carbons (Fsp3) is 0.333. The van der Waals surface area contributed by atoms with Crippen molar-refractivity contribution < 1.29 is 27.1 Å². The number of anilines is 1. The first-order valence-electron chi connectivity index (χ1n) is 12.9. The zero-order chi connectivity index (χ0) is 29.5. The standard InChI is InChI=1S/C30H36FN3O5S/c1-6-27(29(36)32-30(2,3)4)33(20-22-12-18-25(39-5)19-13-22)28(35)21-34(24-16-14-23(31)15-17-24)40(37,38)26-10-8-7-9-11-26/h7-19,27H,6,20-21H2,1-5H3,(H,32,36)/t27-/m1/s1. The van der Waals surface area contributed by atoms with Crippen LogP contribution in [0.25, 0.3) is 0 Å². The molecule has 214 valence electrons. The molecule has 1 atom stereocenters. The van der Waals surface area contributed by atoms with E-state index in [-0.39, 0.29) is 23.0 Å². The summed E-state index contributed by atoms with van der Waals surface area (Å²) in [4.78, 5) is 28.7. The van der Waals surface area contributed by atoms with Crippen LogP contribution >= 0.6 is 0 Å². The van der Waals surface area contributed by atoms with Gasteiger partial charge in [-0.25, -0.2) is 12.8 Å². The maximum absolute atomic E-state index is 14.0. The van der Waals surface area contributed by atoms with E-state index < -0.39 is 39.9 Å². The Kier molecular flexibility index (Phi) is 9.92. The van der Waals surface area contributed by atoms with Gasteiger partial charge in [0.05, 0.1) is 17.7 Å². The molecule has 0 aliphatic heterocycles. The van der Waals surface area contributed by atoms with E-state index in [1.807, 2.05) is 20.8 Å². The predicted octanol–water partition coefficient (Wildman–Crippen LogP) is 4.75. The summed E-state index contributed by atoms with van der Waals surface area (Å²) in [7, 11) is -2.66. The summed E-state index contributed by atoms with van der Waals surface area (Å²) >= 11 is 0. The number of hydrogen-bond acceptors (Lipinski definition) is 5. The van der Waals surface area contributed by atoms with Gasteiger partial charge in [0, 0.05) is 12.1 Å². The van der Waals surface area contributed by atoms with Crippen molar-refractivity contribution in [2.24, 2.45) is 0 Å². The quantitative estimate of drug-likeness (QED) is 0.360. The molecule has 3 aromatic rings. The molecule has 8 nitrogen and oxygen atoms in total. The van der Waals surface area contributed by atoms with Crippen LogP contribution < -0.4 is 14.4 Å². The molecule has 0 heterocycles. The molecule has 0 aromatic heterocycles. The number of carbonyl (C=O) groups excluding carboxylic acids is 2. The fourth-order valence-electron chi connectivity index (χ4n) is 4.16. The Morgan fingerprint density at radius 3 is 2.08 bits per heavy atom. The highest BCUT2D eigenvalue weighted by Gasteiger charge is 2.34. The van der Waals surface area contributed by atoms with Crippen molar-refractivity contribution in [2.75, 3.05) is 18.0 Å². The zero-order valence-electron chi connectivity index (χ0n) is 23.4. The number of hydrogen-bond donors (Lipinski definition) is 1. The summed E-state index contributed by atoms with van der Waals surface area (Å²) < 4.78 is 47.4. The van der Waals surface area contributed by atoms with Gasteiger partial charge >= 0.3 is 0 Å². The highest BCUT2D eigenvalue weighted by atomic mass is 32.2. The maximum atomic E-state index is 14.0. The lowest BCUT2D eigenvalue weighted by Crippen LogP contribution is -2.55. The van der Waals surface area contributed by atoms with Crippen LogP contribution in [0.1, 0.15) is 39.7 Å². The van der Waals surface area contributed by atoms with Crippen molar-refractivity contribution in [3.05, 3.63) is 90.2 Å². The van der Waals surface area contributed by atoms with Crippen LogP contribution in [0.3, 0.4) is 0 Å². The third kappa shape index (κ3) is 7.81. The van der Waals surface area contributed by atoms with Crippen LogP contribution in [0.5, 0.6) is 5.75 Å². The number of ether oxygens (including phenoxy) is 1. The van der Waals surface area contributed by atoms with Gasteiger partial charge in [0.1, 0.15) is 24.2 Å². The molecule has 0 aliphatic carbocycles. The lowest BCUT2D eigenvalue weighted by molar-refractivity contribution is -0.141. The second-order valence-electron chi connectivity index (χ2n) is 10.3. The Balaban J connectivity index is 2.05. The molecular weight excluding hydrogens is 533 g/mol. The highest BCUT2D eigenvalue weighted by Crippen LogP contribution is 2.25. The van der Waals surface area contributed by atoms with E-state index in [4.69, 9.17) is 4.74 Å². The minimum Gasteiger partial charge on any atom is -0.497 e. The average Bonchev–Trinajstić information content (AvgIpc) is 2.92.